The van der Waals surface area contributed by atoms with Crippen molar-refractivity contribution in [2.75, 3.05) is 20.1 Å². The van der Waals surface area contributed by atoms with Crippen molar-refractivity contribution in [1.82, 2.24) is 0 Å². The molecule has 0 unspecified atom stereocenters. The standard InChI is InChI=1S/C11H20N2O/c1-5-6-13(4)8-9(2)11(12-14)7-10(13)3/h5,9-10H,1,6-8H2,2-4H3/p+1/t9-,10-,13+/m0/s1. The fourth-order valence-corrected chi connectivity index (χ4v) is 2.32. The molecule has 0 saturated carbocycles. The third-order valence-corrected chi connectivity index (χ3v) is 3.50. The van der Waals surface area contributed by atoms with Gasteiger partial charge in [-0.3, -0.25) is 0 Å². The van der Waals surface area contributed by atoms with Crippen LogP contribution in [0.5, 0.6) is 0 Å². The van der Waals surface area contributed by atoms with Crippen LogP contribution in [0.1, 0.15) is 20.3 Å². The molecule has 0 aromatic heterocycles. The van der Waals surface area contributed by atoms with Crippen LogP contribution in [0.4, 0.5) is 0 Å². The van der Waals surface area contributed by atoms with E-state index < -0.39 is 0 Å². The van der Waals surface area contributed by atoms with Crippen LogP contribution in [0.15, 0.2) is 17.8 Å². The highest BCUT2D eigenvalue weighted by atomic mass is 16.4. The molecule has 1 saturated heterocycles. The molecule has 1 heterocycles. The lowest BCUT2D eigenvalue weighted by molar-refractivity contribution is -0.930. The van der Waals surface area contributed by atoms with Crippen molar-refractivity contribution < 1.29 is 9.69 Å². The fourth-order valence-electron chi connectivity index (χ4n) is 2.32. The zero-order valence-corrected chi connectivity index (χ0v) is 9.40. The summed E-state index contributed by atoms with van der Waals surface area (Å²) in [6, 6.07) is 0.509. The van der Waals surface area contributed by atoms with Gasteiger partial charge in [0, 0.05) is 12.3 Å². The number of hydrogen-bond acceptors (Lipinski definition) is 2. The van der Waals surface area contributed by atoms with Crippen LogP contribution in [0.3, 0.4) is 0 Å². The van der Waals surface area contributed by atoms with Crippen molar-refractivity contribution in [3.05, 3.63) is 12.7 Å². The third kappa shape index (κ3) is 1.98. The van der Waals surface area contributed by atoms with E-state index in [4.69, 9.17) is 5.21 Å². The van der Waals surface area contributed by atoms with E-state index in [0.29, 0.717) is 12.0 Å². The summed E-state index contributed by atoms with van der Waals surface area (Å²) in [4.78, 5) is 0. The van der Waals surface area contributed by atoms with Crippen LogP contribution in [0.2, 0.25) is 0 Å². The molecule has 0 spiro atoms. The Labute approximate surface area is 86.3 Å². The van der Waals surface area contributed by atoms with E-state index in [0.717, 1.165) is 29.7 Å². The van der Waals surface area contributed by atoms with Gasteiger partial charge in [-0.05, 0) is 13.0 Å². The molecule has 3 heteroatoms. The van der Waals surface area contributed by atoms with Gasteiger partial charge in [-0.1, -0.05) is 18.7 Å². The Morgan fingerprint density at radius 3 is 2.79 bits per heavy atom. The van der Waals surface area contributed by atoms with E-state index >= 15 is 0 Å². The number of likely N-dealkylation sites (tertiary alicyclic amines) is 1. The van der Waals surface area contributed by atoms with Gasteiger partial charge in [0.2, 0.25) is 0 Å². The quantitative estimate of drug-likeness (QED) is 0.312. The van der Waals surface area contributed by atoms with Gasteiger partial charge >= 0.3 is 0 Å². The molecule has 0 aliphatic carbocycles. The summed E-state index contributed by atoms with van der Waals surface area (Å²) < 4.78 is 1.00. The van der Waals surface area contributed by atoms with E-state index in [9.17, 15) is 0 Å². The second kappa shape index (κ2) is 4.13. The molecule has 0 aromatic rings. The number of oxime groups is 1. The summed E-state index contributed by atoms with van der Waals surface area (Å²) in [5.74, 6) is 0.376. The second-order valence-corrected chi connectivity index (χ2v) is 4.68. The zero-order valence-electron chi connectivity index (χ0n) is 9.40. The second-order valence-electron chi connectivity index (χ2n) is 4.68. The molecular formula is C11H21N2O+. The number of likely N-dealkylation sites (N-methyl/N-ethyl adjacent to an activating group) is 1. The van der Waals surface area contributed by atoms with Crippen molar-refractivity contribution in [2.45, 2.75) is 26.3 Å². The lowest BCUT2D eigenvalue weighted by Crippen LogP contribution is -2.58. The topological polar surface area (TPSA) is 32.6 Å². The highest BCUT2D eigenvalue weighted by Crippen LogP contribution is 2.25. The Morgan fingerprint density at radius 2 is 2.29 bits per heavy atom. The fraction of sp³-hybridized carbons (Fsp3) is 0.727. The average molecular weight is 197 g/mol. The molecule has 1 aliphatic heterocycles. The number of nitrogens with zero attached hydrogens (tertiary/aromatic N) is 2. The third-order valence-electron chi connectivity index (χ3n) is 3.50. The largest absolute Gasteiger partial charge is 0.411 e. The molecule has 0 radical (unpaired) electrons. The summed E-state index contributed by atoms with van der Waals surface area (Å²) in [6.45, 7) is 10.2. The van der Waals surface area contributed by atoms with Gasteiger partial charge in [0.05, 0.1) is 31.9 Å². The zero-order chi connectivity index (χ0) is 10.8. The van der Waals surface area contributed by atoms with Gasteiger partial charge in [0.25, 0.3) is 0 Å². The maximum absolute atomic E-state index is 8.84. The molecule has 3 nitrogen and oxygen atoms in total. The van der Waals surface area contributed by atoms with Crippen molar-refractivity contribution in [1.29, 1.82) is 0 Å². The minimum absolute atomic E-state index is 0.376. The summed E-state index contributed by atoms with van der Waals surface area (Å²) in [7, 11) is 2.25. The van der Waals surface area contributed by atoms with Crippen LogP contribution in [0.25, 0.3) is 0 Å². The first-order valence-electron chi connectivity index (χ1n) is 5.19. The highest BCUT2D eigenvalue weighted by Gasteiger charge is 2.38. The first-order valence-corrected chi connectivity index (χ1v) is 5.19. The first-order chi connectivity index (χ1) is 6.53. The normalized spacial score (nSPS) is 41.2. The maximum atomic E-state index is 8.84. The highest BCUT2D eigenvalue weighted by molar-refractivity contribution is 5.86. The minimum atomic E-state index is 0.376. The monoisotopic (exact) mass is 197 g/mol. The predicted molar refractivity (Wildman–Crippen MR) is 58.6 cm³/mol. The minimum Gasteiger partial charge on any atom is -0.411 e. The van der Waals surface area contributed by atoms with Crippen molar-refractivity contribution in [2.24, 2.45) is 11.1 Å². The van der Waals surface area contributed by atoms with Gasteiger partial charge in [0.15, 0.2) is 0 Å². The summed E-state index contributed by atoms with van der Waals surface area (Å²) in [5, 5.41) is 12.2. The maximum Gasteiger partial charge on any atom is 0.0971 e. The molecular weight excluding hydrogens is 176 g/mol. The Hall–Kier alpha value is -0.830. The van der Waals surface area contributed by atoms with E-state index in [2.05, 4.69) is 32.6 Å². The molecule has 1 fully saturated rings. The van der Waals surface area contributed by atoms with Crippen LogP contribution in [-0.4, -0.2) is 41.6 Å². The Bertz CT molecular complexity index is 250. The van der Waals surface area contributed by atoms with Crippen molar-refractivity contribution in [3.63, 3.8) is 0 Å². The van der Waals surface area contributed by atoms with Crippen LogP contribution >= 0.6 is 0 Å². The average Bonchev–Trinajstić information content (AvgIpc) is 2.11. The molecule has 0 aromatic carbocycles. The smallest absolute Gasteiger partial charge is 0.0971 e. The molecule has 0 amide bonds. The van der Waals surface area contributed by atoms with Gasteiger partial charge in [-0.25, -0.2) is 0 Å². The molecule has 14 heavy (non-hydrogen) atoms. The predicted octanol–water partition coefficient (Wildman–Crippen LogP) is 1.88. The van der Waals surface area contributed by atoms with E-state index in [1.54, 1.807) is 0 Å². The van der Waals surface area contributed by atoms with Crippen LogP contribution < -0.4 is 0 Å². The van der Waals surface area contributed by atoms with Gasteiger partial charge in [0.1, 0.15) is 0 Å². The molecule has 1 N–H and O–H groups in total. The number of piperidine rings is 1. The van der Waals surface area contributed by atoms with Crippen LogP contribution in [0, 0.1) is 5.92 Å². The van der Waals surface area contributed by atoms with Gasteiger partial charge in [-0.2, -0.15) is 0 Å². The SMILES string of the molecule is C=CC[N@+]1(C)C[C@H](C)C(=NO)C[C@@H]1C. The molecule has 3 atom stereocenters. The van der Waals surface area contributed by atoms with Crippen molar-refractivity contribution >= 4 is 5.71 Å². The Morgan fingerprint density at radius 1 is 1.64 bits per heavy atom. The van der Waals surface area contributed by atoms with Crippen molar-refractivity contribution in [3.8, 4) is 0 Å². The Kier molecular flexibility index (Phi) is 3.32. The molecule has 1 rings (SSSR count). The number of quaternary nitrogens is 1. The van der Waals surface area contributed by atoms with E-state index in [-0.39, 0.29) is 0 Å². The van der Waals surface area contributed by atoms with E-state index in [1.165, 1.54) is 0 Å². The number of hydrogen-bond donors (Lipinski definition) is 1. The van der Waals surface area contributed by atoms with E-state index in [1.807, 2.05) is 6.08 Å². The van der Waals surface area contributed by atoms with Crippen LogP contribution in [-0.2, 0) is 0 Å². The molecule has 80 valence electrons. The lowest BCUT2D eigenvalue weighted by atomic mass is 9.90. The van der Waals surface area contributed by atoms with Gasteiger partial charge < -0.3 is 9.69 Å². The Balaban J connectivity index is 2.80. The molecule has 1 aliphatic rings. The molecule has 0 bridgehead atoms. The summed E-state index contributed by atoms with van der Waals surface area (Å²) >= 11 is 0. The lowest BCUT2D eigenvalue weighted by Gasteiger charge is -2.45. The summed E-state index contributed by atoms with van der Waals surface area (Å²) in [5.41, 5.74) is 0.942. The van der Waals surface area contributed by atoms with Gasteiger partial charge in [-0.15, -0.1) is 0 Å². The first kappa shape index (κ1) is 11.2. The summed E-state index contributed by atoms with van der Waals surface area (Å²) in [6.07, 6.45) is 2.87. The number of rotatable bonds is 2.